The Morgan fingerprint density at radius 2 is 2.27 bits per heavy atom. The lowest BCUT2D eigenvalue weighted by molar-refractivity contribution is 0.737. The number of anilines is 1. The van der Waals surface area contributed by atoms with Crippen LogP contribution in [0.2, 0.25) is 0 Å². The molecule has 1 rings (SSSR count). The fraction of sp³-hybridized carbons (Fsp3) is 0.600. The van der Waals surface area contributed by atoms with Gasteiger partial charge in [0.2, 0.25) is 0 Å². The fourth-order valence-corrected chi connectivity index (χ4v) is 1.47. The fourth-order valence-electron chi connectivity index (χ4n) is 1.47. The molecule has 82 valence electrons. The maximum absolute atomic E-state index is 8.95. The van der Waals surface area contributed by atoms with Crippen molar-refractivity contribution in [3.8, 4) is 6.07 Å². The molecule has 0 bridgehead atoms. The highest BCUT2D eigenvalue weighted by atomic mass is 15.3. The minimum Gasteiger partial charge on any atom is -0.369 e. The predicted molar refractivity (Wildman–Crippen MR) is 59.4 cm³/mol. The summed E-state index contributed by atoms with van der Waals surface area (Å²) in [6, 6.07) is 2.16. The molecule has 0 aliphatic heterocycles. The number of hydrogen-bond donors (Lipinski definition) is 2. The van der Waals surface area contributed by atoms with Crippen LogP contribution in [0.4, 0.5) is 5.82 Å². The van der Waals surface area contributed by atoms with E-state index in [1.54, 1.807) is 4.68 Å². The number of nitrogens with zero attached hydrogens (tertiary/aromatic N) is 3. The molecule has 0 spiro atoms. The van der Waals surface area contributed by atoms with E-state index in [1.807, 2.05) is 14.0 Å². The van der Waals surface area contributed by atoms with E-state index in [9.17, 15) is 0 Å². The SMILES string of the molecule is Cc1nn(C)c(NCCCCN)c1C#N. The Morgan fingerprint density at radius 3 is 2.87 bits per heavy atom. The second kappa shape index (κ2) is 5.37. The van der Waals surface area contributed by atoms with Crippen LogP contribution in [0.25, 0.3) is 0 Å². The van der Waals surface area contributed by atoms with Crippen LogP contribution in [0.3, 0.4) is 0 Å². The molecule has 0 aromatic carbocycles. The van der Waals surface area contributed by atoms with Crippen molar-refractivity contribution in [3.05, 3.63) is 11.3 Å². The molecule has 1 aromatic heterocycles. The molecule has 0 fully saturated rings. The first-order chi connectivity index (χ1) is 7.20. The van der Waals surface area contributed by atoms with Crippen molar-refractivity contribution in [1.29, 1.82) is 5.26 Å². The maximum atomic E-state index is 8.95. The summed E-state index contributed by atoms with van der Waals surface area (Å²) in [5.74, 6) is 0.798. The van der Waals surface area contributed by atoms with Crippen LogP contribution in [-0.4, -0.2) is 22.9 Å². The minimum atomic E-state index is 0.630. The van der Waals surface area contributed by atoms with Crippen LogP contribution in [0.5, 0.6) is 0 Å². The molecular weight excluding hydrogens is 190 g/mol. The summed E-state index contributed by atoms with van der Waals surface area (Å²) in [7, 11) is 1.83. The number of rotatable bonds is 5. The van der Waals surface area contributed by atoms with E-state index in [0.29, 0.717) is 12.1 Å². The molecule has 1 heterocycles. The highest BCUT2D eigenvalue weighted by Gasteiger charge is 2.11. The molecule has 0 aliphatic rings. The van der Waals surface area contributed by atoms with Gasteiger partial charge in [-0.25, -0.2) is 0 Å². The number of hydrogen-bond acceptors (Lipinski definition) is 4. The second-order valence-corrected chi connectivity index (χ2v) is 3.47. The molecule has 0 saturated carbocycles. The summed E-state index contributed by atoms with van der Waals surface area (Å²) in [6.45, 7) is 3.37. The third kappa shape index (κ3) is 2.70. The second-order valence-electron chi connectivity index (χ2n) is 3.47. The Bertz CT molecular complexity index is 361. The zero-order chi connectivity index (χ0) is 11.3. The van der Waals surface area contributed by atoms with Crippen molar-refractivity contribution in [2.24, 2.45) is 12.8 Å². The van der Waals surface area contributed by atoms with Gasteiger partial charge in [0.1, 0.15) is 17.5 Å². The van der Waals surface area contributed by atoms with Crippen LogP contribution < -0.4 is 11.1 Å². The lowest BCUT2D eigenvalue weighted by Gasteiger charge is -2.06. The average molecular weight is 207 g/mol. The highest BCUT2D eigenvalue weighted by Crippen LogP contribution is 2.16. The molecule has 0 unspecified atom stereocenters. The summed E-state index contributed by atoms with van der Waals surface area (Å²) in [5, 5.41) is 16.4. The molecule has 3 N–H and O–H groups in total. The number of nitriles is 1. The average Bonchev–Trinajstić information content (AvgIpc) is 2.48. The third-order valence-corrected chi connectivity index (χ3v) is 2.26. The molecule has 0 amide bonds. The first-order valence-corrected chi connectivity index (χ1v) is 5.08. The van der Waals surface area contributed by atoms with Gasteiger partial charge in [-0.1, -0.05) is 0 Å². The van der Waals surface area contributed by atoms with Gasteiger partial charge in [-0.3, -0.25) is 4.68 Å². The normalized spacial score (nSPS) is 10.0. The van der Waals surface area contributed by atoms with E-state index in [-0.39, 0.29) is 0 Å². The van der Waals surface area contributed by atoms with Crippen LogP contribution in [0.15, 0.2) is 0 Å². The highest BCUT2D eigenvalue weighted by molar-refractivity contribution is 5.54. The van der Waals surface area contributed by atoms with Crippen LogP contribution >= 0.6 is 0 Å². The van der Waals surface area contributed by atoms with Gasteiger partial charge in [0, 0.05) is 13.6 Å². The molecule has 0 saturated heterocycles. The monoisotopic (exact) mass is 207 g/mol. The van der Waals surface area contributed by atoms with E-state index in [4.69, 9.17) is 11.0 Å². The quantitative estimate of drug-likeness (QED) is 0.698. The Balaban J connectivity index is 2.64. The van der Waals surface area contributed by atoms with Crippen molar-refractivity contribution in [2.45, 2.75) is 19.8 Å². The summed E-state index contributed by atoms with van der Waals surface area (Å²) >= 11 is 0. The Labute approximate surface area is 89.9 Å². The van der Waals surface area contributed by atoms with E-state index in [1.165, 1.54) is 0 Å². The largest absolute Gasteiger partial charge is 0.369 e. The molecular formula is C10H17N5. The van der Waals surface area contributed by atoms with Crippen molar-refractivity contribution in [2.75, 3.05) is 18.4 Å². The predicted octanol–water partition coefficient (Wildman–Crippen LogP) is 0.751. The third-order valence-electron chi connectivity index (χ3n) is 2.26. The number of nitrogens with two attached hydrogens (primary N) is 1. The van der Waals surface area contributed by atoms with Gasteiger partial charge in [0.15, 0.2) is 0 Å². The topological polar surface area (TPSA) is 79.7 Å². The molecule has 0 atom stereocenters. The van der Waals surface area contributed by atoms with Gasteiger partial charge in [0.05, 0.1) is 5.69 Å². The van der Waals surface area contributed by atoms with Gasteiger partial charge in [-0.15, -0.1) is 0 Å². The van der Waals surface area contributed by atoms with E-state index >= 15 is 0 Å². The molecule has 0 radical (unpaired) electrons. The summed E-state index contributed by atoms with van der Waals surface area (Å²) in [4.78, 5) is 0. The molecule has 15 heavy (non-hydrogen) atoms. The summed E-state index contributed by atoms with van der Waals surface area (Å²) in [5.41, 5.74) is 6.80. The van der Waals surface area contributed by atoms with Crippen molar-refractivity contribution >= 4 is 5.82 Å². The van der Waals surface area contributed by atoms with Gasteiger partial charge < -0.3 is 11.1 Å². The van der Waals surface area contributed by atoms with Gasteiger partial charge in [-0.2, -0.15) is 10.4 Å². The Kier molecular flexibility index (Phi) is 4.13. The van der Waals surface area contributed by atoms with Crippen molar-refractivity contribution < 1.29 is 0 Å². The zero-order valence-electron chi connectivity index (χ0n) is 9.25. The minimum absolute atomic E-state index is 0.630. The lowest BCUT2D eigenvalue weighted by Crippen LogP contribution is -2.09. The standard InChI is InChI=1S/C10H17N5/c1-8-9(7-12)10(15(2)14-8)13-6-4-3-5-11/h13H,3-6,11H2,1-2H3. The number of aryl methyl sites for hydroxylation is 2. The first-order valence-electron chi connectivity index (χ1n) is 5.08. The number of aromatic nitrogens is 2. The van der Waals surface area contributed by atoms with Crippen LogP contribution in [-0.2, 0) is 7.05 Å². The first kappa shape index (κ1) is 11.5. The molecule has 0 aliphatic carbocycles. The molecule has 5 nitrogen and oxygen atoms in total. The van der Waals surface area contributed by atoms with Gasteiger partial charge in [-0.05, 0) is 26.3 Å². The number of nitrogens with one attached hydrogen (secondary N) is 1. The zero-order valence-corrected chi connectivity index (χ0v) is 9.25. The lowest BCUT2D eigenvalue weighted by atomic mass is 10.2. The van der Waals surface area contributed by atoms with Crippen molar-refractivity contribution in [1.82, 2.24) is 9.78 Å². The van der Waals surface area contributed by atoms with Gasteiger partial charge >= 0.3 is 0 Å². The van der Waals surface area contributed by atoms with Gasteiger partial charge in [0.25, 0.3) is 0 Å². The maximum Gasteiger partial charge on any atom is 0.142 e. The molecule has 5 heteroatoms. The smallest absolute Gasteiger partial charge is 0.142 e. The van der Waals surface area contributed by atoms with Crippen LogP contribution in [0, 0.1) is 18.3 Å². The summed E-state index contributed by atoms with van der Waals surface area (Å²) in [6.07, 6.45) is 2.00. The van der Waals surface area contributed by atoms with E-state index in [2.05, 4.69) is 16.5 Å². The number of unbranched alkanes of at least 4 members (excludes halogenated alkanes) is 1. The Hall–Kier alpha value is -1.54. The Morgan fingerprint density at radius 1 is 1.53 bits per heavy atom. The van der Waals surface area contributed by atoms with Crippen molar-refractivity contribution in [3.63, 3.8) is 0 Å². The van der Waals surface area contributed by atoms with E-state index in [0.717, 1.165) is 30.9 Å². The molecule has 1 aromatic rings. The van der Waals surface area contributed by atoms with Crippen LogP contribution in [0.1, 0.15) is 24.1 Å². The summed E-state index contributed by atoms with van der Waals surface area (Å²) < 4.78 is 1.70. The van der Waals surface area contributed by atoms with E-state index < -0.39 is 0 Å².